The number of ketones is 1. The Morgan fingerprint density at radius 2 is 2.10 bits per heavy atom. The van der Waals surface area contributed by atoms with Gasteiger partial charge in [0, 0.05) is 29.2 Å². The number of hydrogen-bond donors (Lipinski definition) is 1. The van der Waals surface area contributed by atoms with Crippen molar-refractivity contribution in [3.05, 3.63) is 47.8 Å². The summed E-state index contributed by atoms with van der Waals surface area (Å²) in [5, 5.41) is 2.84. The third-order valence-electron chi connectivity index (χ3n) is 3.68. The smallest absolute Gasteiger partial charge is 0.231 e. The summed E-state index contributed by atoms with van der Waals surface area (Å²) < 4.78 is 0. The molecule has 1 amide bonds. The number of rotatable bonds is 2. The van der Waals surface area contributed by atoms with Gasteiger partial charge in [0.15, 0.2) is 5.78 Å². The van der Waals surface area contributed by atoms with Crippen LogP contribution in [0.1, 0.15) is 35.7 Å². The molecule has 0 radical (unpaired) electrons. The minimum atomic E-state index is -0.164. The number of aromatic nitrogens is 1. The predicted molar refractivity (Wildman–Crippen MR) is 76.7 cm³/mol. The van der Waals surface area contributed by atoms with Crippen LogP contribution in [0.15, 0.2) is 36.7 Å². The molecule has 2 aromatic rings. The maximum Gasteiger partial charge on any atom is 0.231 e. The molecule has 1 aliphatic rings. The zero-order valence-corrected chi connectivity index (χ0v) is 11.3. The van der Waals surface area contributed by atoms with Crippen molar-refractivity contribution in [2.75, 3.05) is 5.32 Å². The molecule has 0 saturated carbocycles. The summed E-state index contributed by atoms with van der Waals surface area (Å²) >= 11 is 0. The standard InChI is InChI=1S/C16H14N2O2/c1-9-13-7-11(3-4-15(13)18-16(9)20)14-8-17-6-5-12(14)10(2)19/h3-9H,1-2H3,(H,18,20). The van der Waals surface area contributed by atoms with E-state index in [1.165, 1.54) is 0 Å². The highest BCUT2D eigenvalue weighted by Gasteiger charge is 2.26. The lowest BCUT2D eigenvalue weighted by molar-refractivity contribution is -0.116. The van der Waals surface area contributed by atoms with E-state index in [4.69, 9.17) is 0 Å². The molecule has 4 nitrogen and oxygen atoms in total. The number of Topliss-reactive ketones (excluding diaryl/α,β-unsaturated/α-hetero) is 1. The number of benzene rings is 1. The van der Waals surface area contributed by atoms with Crippen LogP contribution in [0.3, 0.4) is 0 Å². The number of fused-ring (bicyclic) bond motifs is 1. The van der Waals surface area contributed by atoms with E-state index < -0.39 is 0 Å². The van der Waals surface area contributed by atoms with E-state index >= 15 is 0 Å². The van der Waals surface area contributed by atoms with Gasteiger partial charge in [-0.05, 0) is 43.2 Å². The molecule has 1 aromatic heterocycles. The van der Waals surface area contributed by atoms with Crippen LogP contribution < -0.4 is 5.32 Å². The fraction of sp³-hybridized carbons (Fsp3) is 0.188. The monoisotopic (exact) mass is 266 g/mol. The van der Waals surface area contributed by atoms with Crippen molar-refractivity contribution in [1.82, 2.24) is 4.98 Å². The SMILES string of the molecule is CC(=O)c1ccncc1-c1ccc2c(c1)C(C)C(=O)N2. The summed E-state index contributed by atoms with van der Waals surface area (Å²) in [6.45, 7) is 3.42. The second kappa shape index (κ2) is 4.56. The van der Waals surface area contributed by atoms with Crippen LogP contribution in [0, 0.1) is 0 Å². The molecule has 100 valence electrons. The molecular formula is C16H14N2O2. The van der Waals surface area contributed by atoms with E-state index in [-0.39, 0.29) is 17.6 Å². The zero-order valence-electron chi connectivity index (χ0n) is 11.3. The molecule has 2 heterocycles. The van der Waals surface area contributed by atoms with E-state index in [2.05, 4.69) is 10.3 Å². The van der Waals surface area contributed by atoms with Gasteiger partial charge in [-0.3, -0.25) is 14.6 Å². The highest BCUT2D eigenvalue weighted by molar-refractivity contribution is 6.04. The minimum Gasteiger partial charge on any atom is -0.325 e. The quantitative estimate of drug-likeness (QED) is 0.850. The number of pyridine rings is 1. The first-order valence-electron chi connectivity index (χ1n) is 6.48. The van der Waals surface area contributed by atoms with Crippen molar-refractivity contribution in [2.24, 2.45) is 0 Å². The molecule has 0 aliphatic carbocycles. The zero-order chi connectivity index (χ0) is 14.3. The van der Waals surface area contributed by atoms with Gasteiger partial charge in [-0.25, -0.2) is 0 Å². The summed E-state index contributed by atoms with van der Waals surface area (Å²) in [7, 11) is 0. The molecule has 3 rings (SSSR count). The molecule has 1 aliphatic heterocycles. The summed E-state index contributed by atoms with van der Waals surface area (Å²) in [5.41, 5.74) is 4.16. The Morgan fingerprint density at radius 3 is 2.85 bits per heavy atom. The lowest BCUT2D eigenvalue weighted by Gasteiger charge is -2.09. The lowest BCUT2D eigenvalue weighted by atomic mass is 9.95. The Morgan fingerprint density at radius 1 is 1.30 bits per heavy atom. The Bertz CT molecular complexity index is 722. The molecule has 0 spiro atoms. The van der Waals surface area contributed by atoms with Crippen molar-refractivity contribution < 1.29 is 9.59 Å². The summed E-state index contributed by atoms with van der Waals surface area (Å²) in [4.78, 5) is 27.5. The molecule has 0 bridgehead atoms. The highest BCUT2D eigenvalue weighted by Crippen LogP contribution is 2.36. The van der Waals surface area contributed by atoms with E-state index in [0.717, 1.165) is 22.4 Å². The molecule has 1 atom stereocenters. The van der Waals surface area contributed by atoms with Gasteiger partial charge in [-0.15, -0.1) is 0 Å². The van der Waals surface area contributed by atoms with Crippen LogP contribution >= 0.6 is 0 Å². The van der Waals surface area contributed by atoms with Gasteiger partial charge in [-0.1, -0.05) is 6.07 Å². The molecule has 0 saturated heterocycles. The third kappa shape index (κ3) is 1.90. The van der Waals surface area contributed by atoms with Crippen molar-refractivity contribution in [2.45, 2.75) is 19.8 Å². The molecular weight excluding hydrogens is 252 g/mol. The van der Waals surface area contributed by atoms with Crippen molar-refractivity contribution in [1.29, 1.82) is 0 Å². The molecule has 20 heavy (non-hydrogen) atoms. The lowest BCUT2D eigenvalue weighted by Crippen LogP contribution is -2.08. The average molecular weight is 266 g/mol. The van der Waals surface area contributed by atoms with Gasteiger partial charge < -0.3 is 5.32 Å². The Kier molecular flexibility index (Phi) is 2.86. The Balaban J connectivity index is 2.14. The van der Waals surface area contributed by atoms with Crippen LogP contribution in [0.5, 0.6) is 0 Å². The first-order valence-corrected chi connectivity index (χ1v) is 6.48. The maximum atomic E-state index is 11.7. The number of hydrogen-bond acceptors (Lipinski definition) is 3. The van der Waals surface area contributed by atoms with Gasteiger partial charge in [0.05, 0.1) is 5.92 Å². The number of nitrogens with zero attached hydrogens (tertiary/aromatic N) is 1. The summed E-state index contributed by atoms with van der Waals surface area (Å²) in [6, 6.07) is 7.46. The first kappa shape index (κ1) is 12.5. The Labute approximate surface area is 116 Å². The van der Waals surface area contributed by atoms with Crippen LogP contribution in [0.25, 0.3) is 11.1 Å². The van der Waals surface area contributed by atoms with E-state index in [0.29, 0.717) is 5.56 Å². The molecule has 0 fully saturated rings. The van der Waals surface area contributed by atoms with E-state index in [9.17, 15) is 9.59 Å². The van der Waals surface area contributed by atoms with Crippen LogP contribution in [0.4, 0.5) is 5.69 Å². The van der Waals surface area contributed by atoms with Gasteiger partial charge in [0.2, 0.25) is 5.91 Å². The van der Waals surface area contributed by atoms with Crippen LogP contribution in [0.2, 0.25) is 0 Å². The molecule has 1 unspecified atom stereocenters. The minimum absolute atomic E-state index is 0.00477. The topological polar surface area (TPSA) is 59.1 Å². The second-order valence-electron chi connectivity index (χ2n) is 4.99. The van der Waals surface area contributed by atoms with Gasteiger partial charge in [-0.2, -0.15) is 0 Å². The largest absolute Gasteiger partial charge is 0.325 e. The predicted octanol–water partition coefficient (Wildman–Crippen LogP) is 3.01. The number of carbonyl (C=O) groups is 2. The summed E-state index contributed by atoms with van der Waals surface area (Å²) in [6.07, 6.45) is 3.30. The van der Waals surface area contributed by atoms with Crippen molar-refractivity contribution >= 4 is 17.4 Å². The van der Waals surface area contributed by atoms with Gasteiger partial charge in [0.25, 0.3) is 0 Å². The number of nitrogens with one attached hydrogen (secondary N) is 1. The number of anilines is 1. The van der Waals surface area contributed by atoms with Gasteiger partial charge in [0.1, 0.15) is 0 Å². The van der Waals surface area contributed by atoms with E-state index in [1.807, 2.05) is 25.1 Å². The van der Waals surface area contributed by atoms with Crippen LogP contribution in [-0.2, 0) is 4.79 Å². The normalized spacial score (nSPS) is 16.7. The molecule has 4 heteroatoms. The fourth-order valence-corrected chi connectivity index (χ4v) is 2.52. The maximum absolute atomic E-state index is 11.7. The molecule has 1 aromatic carbocycles. The van der Waals surface area contributed by atoms with E-state index in [1.54, 1.807) is 25.4 Å². The number of carbonyl (C=O) groups excluding carboxylic acids is 2. The summed E-state index contributed by atoms with van der Waals surface area (Å²) in [5.74, 6) is -0.150. The average Bonchev–Trinajstić information content (AvgIpc) is 2.74. The number of amides is 1. The third-order valence-corrected chi connectivity index (χ3v) is 3.68. The highest BCUT2D eigenvalue weighted by atomic mass is 16.2. The Hall–Kier alpha value is -2.49. The van der Waals surface area contributed by atoms with Crippen molar-refractivity contribution in [3.8, 4) is 11.1 Å². The molecule has 1 N–H and O–H groups in total. The van der Waals surface area contributed by atoms with Crippen LogP contribution in [-0.4, -0.2) is 16.7 Å². The first-order chi connectivity index (χ1) is 9.58. The van der Waals surface area contributed by atoms with Gasteiger partial charge >= 0.3 is 0 Å². The fourth-order valence-electron chi connectivity index (χ4n) is 2.52. The second-order valence-corrected chi connectivity index (χ2v) is 4.99. The van der Waals surface area contributed by atoms with Crippen molar-refractivity contribution in [3.63, 3.8) is 0 Å².